The van der Waals surface area contributed by atoms with E-state index in [0.717, 1.165) is 16.3 Å². The monoisotopic (exact) mass is 262 g/mol. The topological polar surface area (TPSA) is 59.8 Å². The fraction of sp³-hybridized carbons (Fsp3) is 0.250. The van der Waals surface area contributed by atoms with Crippen molar-refractivity contribution in [1.82, 2.24) is 14.8 Å². The Morgan fingerprint density at radius 3 is 2.83 bits per heavy atom. The Hall–Kier alpha value is -1.95. The molecular formula is C12H14N4OS. The lowest BCUT2D eigenvalue weighted by molar-refractivity contribution is -0.111. The van der Waals surface area contributed by atoms with Crippen LogP contribution in [0, 0.1) is 13.8 Å². The molecule has 1 N–H and O–H groups in total. The third-order valence-electron chi connectivity index (χ3n) is 2.52. The molecule has 0 fully saturated rings. The largest absolute Gasteiger partial charge is 0.298 e. The lowest BCUT2D eigenvalue weighted by atomic mass is 10.3. The van der Waals surface area contributed by atoms with E-state index < -0.39 is 0 Å². The van der Waals surface area contributed by atoms with E-state index in [0.29, 0.717) is 5.13 Å². The summed E-state index contributed by atoms with van der Waals surface area (Å²) >= 11 is 1.47. The predicted molar refractivity (Wildman–Crippen MR) is 72.5 cm³/mol. The van der Waals surface area contributed by atoms with Crippen LogP contribution in [0.3, 0.4) is 0 Å². The first-order chi connectivity index (χ1) is 8.56. The molecule has 0 bridgehead atoms. The Labute approximate surface area is 109 Å². The minimum absolute atomic E-state index is 0.190. The highest BCUT2D eigenvalue weighted by Gasteiger charge is 2.05. The Bertz CT molecular complexity index is 577. The molecule has 0 saturated heterocycles. The van der Waals surface area contributed by atoms with Crippen LogP contribution in [-0.4, -0.2) is 20.7 Å². The summed E-state index contributed by atoms with van der Waals surface area (Å²) in [5.74, 6) is -0.190. The molecule has 0 saturated carbocycles. The summed E-state index contributed by atoms with van der Waals surface area (Å²) < 4.78 is 1.70. The molecule has 0 spiro atoms. The highest BCUT2D eigenvalue weighted by Crippen LogP contribution is 2.20. The van der Waals surface area contributed by atoms with Gasteiger partial charge in [0.05, 0.1) is 11.4 Å². The number of anilines is 1. The molecule has 2 heterocycles. The fourth-order valence-electron chi connectivity index (χ4n) is 1.38. The van der Waals surface area contributed by atoms with E-state index >= 15 is 0 Å². The maximum atomic E-state index is 11.7. The summed E-state index contributed by atoms with van der Waals surface area (Å²) in [5, 5.41) is 7.38. The molecule has 0 atom stereocenters. The number of aryl methyl sites for hydroxylation is 3. The standard InChI is InChI=1S/C12H14N4OS/c1-8-9(2)18-12(14-8)15-11(17)5-4-10-6-7-13-16(10)3/h4-7H,1-3H3,(H,14,15,17). The number of thiazole rings is 1. The third-order valence-corrected chi connectivity index (χ3v) is 3.51. The van der Waals surface area contributed by atoms with Crippen molar-refractivity contribution in [3.8, 4) is 0 Å². The van der Waals surface area contributed by atoms with Crippen molar-refractivity contribution < 1.29 is 4.79 Å². The SMILES string of the molecule is Cc1nc(NC(=O)C=Cc2ccnn2C)sc1C. The Morgan fingerprint density at radius 1 is 1.50 bits per heavy atom. The molecule has 0 aliphatic rings. The van der Waals surface area contributed by atoms with Crippen LogP contribution in [0.2, 0.25) is 0 Å². The molecular weight excluding hydrogens is 248 g/mol. The van der Waals surface area contributed by atoms with Crippen LogP contribution in [-0.2, 0) is 11.8 Å². The zero-order valence-corrected chi connectivity index (χ0v) is 11.3. The van der Waals surface area contributed by atoms with E-state index in [4.69, 9.17) is 0 Å². The zero-order valence-electron chi connectivity index (χ0n) is 10.5. The van der Waals surface area contributed by atoms with Crippen molar-refractivity contribution in [2.24, 2.45) is 7.05 Å². The summed E-state index contributed by atoms with van der Waals surface area (Å²) in [6.07, 6.45) is 4.88. The lowest BCUT2D eigenvalue weighted by Gasteiger charge is -1.96. The van der Waals surface area contributed by atoms with Gasteiger partial charge in [0.2, 0.25) is 5.91 Å². The van der Waals surface area contributed by atoms with Crippen LogP contribution >= 0.6 is 11.3 Å². The fourth-order valence-corrected chi connectivity index (χ4v) is 2.20. The van der Waals surface area contributed by atoms with Gasteiger partial charge in [-0.25, -0.2) is 4.98 Å². The van der Waals surface area contributed by atoms with Gasteiger partial charge in [-0.3, -0.25) is 14.8 Å². The van der Waals surface area contributed by atoms with Gasteiger partial charge in [0.25, 0.3) is 0 Å². The van der Waals surface area contributed by atoms with Gasteiger partial charge in [0, 0.05) is 24.2 Å². The van der Waals surface area contributed by atoms with Crippen LogP contribution in [0.4, 0.5) is 5.13 Å². The molecule has 0 aliphatic carbocycles. The number of amides is 1. The number of rotatable bonds is 3. The Balaban J connectivity index is 2.01. The van der Waals surface area contributed by atoms with E-state index in [1.807, 2.05) is 27.0 Å². The molecule has 18 heavy (non-hydrogen) atoms. The number of nitrogens with zero attached hydrogens (tertiary/aromatic N) is 3. The van der Waals surface area contributed by atoms with Crippen LogP contribution < -0.4 is 5.32 Å². The van der Waals surface area contributed by atoms with Gasteiger partial charge in [-0.15, -0.1) is 11.3 Å². The second-order valence-corrected chi connectivity index (χ2v) is 5.07. The van der Waals surface area contributed by atoms with Gasteiger partial charge in [0.1, 0.15) is 0 Å². The van der Waals surface area contributed by atoms with Crippen LogP contribution in [0.5, 0.6) is 0 Å². The molecule has 0 radical (unpaired) electrons. The number of carbonyl (C=O) groups is 1. The highest BCUT2D eigenvalue weighted by atomic mass is 32.1. The lowest BCUT2D eigenvalue weighted by Crippen LogP contribution is -2.07. The molecule has 2 aromatic heterocycles. The smallest absolute Gasteiger partial charge is 0.250 e. The molecule has 94 valence electrons. The molecule has 1 amide bonds. The van der Waals surface area contributed by atoms with Crippen molar-refractivity contribution >= 4 is 28.5 Å². The molecule has 0 unspecified atom stereocenters. The van der Waals surface area contributed by atoms with Crippen molar-refractivity contribution in [2.75, 3.05) is 5.32 Å². The van der Waals surface area contributed by atoms with E-state index in [1.54, 1.807) is 17.0 Å². The van der Waals surface area contributed by atoms with Crippen molar-refractivity contribution in [1.29, 1.82) is 0 Å². The average Bonchev–Trinajstić information content (AvgIpc) is 2.84. The number of hydrogen-bond acceptors (Lipinski definition) is 4. The number of carbonyl (C=O) groups excluding carboxylic acids is 1. The predicted octanol–water partition coefficient (Wildman–Crippen LogP) is 2.15. The van der Waals surface area contributed by atoms with Crippen molar-refractivity contribution in [3.05, 3.63) is 34.6 Å². The van der Waals surface area contributed by atoms with E-state index in [9.17, 15) is 4.79 Å². The van der Waals surface area contributed by atoms with Gasteiger partial charge < -0.3 is 0 Å². The maximum absolute atomic E-state index is 11.7. The van der Waals surface area contributed by atoms with E-state index in [-0.39, 0.29) is 5.91 Å². The van der Waals surface area contributed by atoms with Crippen LogP contribution in [0.15, 0.2) is 18.3 Å². The first-order valence-corrected chi connectivity index (χ1v) is 6.29. The van der Waals surface area contributed by atoms with E-state index in [1.165, 1.54) is 17.4 Å². The molecule has 2 rings (SSSR count). The second-order valence-electron chi connectivity index (χ2n) is 3.86. The maximum Gasteiger partial charge on any atom is 0.250 e. The molecule has 2 aromatic rings. The van der Waals surface area contributed by atoms with E-state index in [2.05, 4.69) is 15.4 Å². The Kier molecular flexibility index (Phi) is 3.57. The van der Waals surface area contributed by atoms with Gasteiger partial charge in [-0.2, -0.15) is 5.10 Å². The van der Waals surface area contributed by atoms with Gasteiger partial charge in [-0.1, -0.05) is 0 Å². The highest BCUT2D eigenvalue weighted by molar-refractivity contribution is 7.15. The summed E-state index contributed by atoms with van der Waals surface area (Å²) in [5.41, 5.74) is 1.82. The van der Waals surface area contributed by atoms with Gasteiger partial charge in [-0.05, 0) is 26.0 Å². The minimum Gasteiger partial charge on any atom is -0.298 e. The number of nitrogens with one attached hydrogen (secondary N) is 1. The zero-order chi connectivity index (χ0) is 13.1. The molecule has 0 aliphatic heterocycles. The van der Waals surface area contributed by atoms with Crippen molar-refractivity contribution in [3.63, 3.8) is 0 Å². The second kappa shape index (κ2) is 5.14. The average molecular weight is 262 g/mol. The Morgan fingerprint density at radius 2 is 2.28 bits per heavy atom. The van der Waals surface area contributed by atoms with Crippen LogP contribution in [0.25, 0.3) is 6.08 Å². The first-order valence-electron chi connectivity index (χ1n) is 5.47. The summed E-state index contributed by atoms with van der Waals surface area (Å²) in [6, 6.07) is 1.83. The third kappa shape index (κ3) is 2.84. The van der Waals surface area contributed by atoms with Gasteiger partial charge in [0.15, 0.2) is 5.13 Å². The summed E-state index contributed by atoms with van der Waals surface area (Å²) in [7, 11) is 1.82. The summed E-state index contributed by atoms with van der Waals surface area (Å²) in [4.78, 5) is 17.0. The quantitative estimate of drug-likeness (QED) is 0.862. The molecule has 0 aromatic carbocycles. The number of hydrogen-bond donors (Lipinski definition) is 1. The first kappa shape index (κ1) is 12.5. The molecule has 6 heteroatoms. The normalized spacial score (nSPS) is 11.1. The van der Waals surface area contributed by atoms with Crippen molar-refractivity contribution in [2.45, 2.75) is 13.8 Å². The molecule has 5 nitrogen and oxygen atoms in total. The minimum atomic E-state index is -0.190. The van der Waals surface area contributed by atoms with Gasteiger partial charge >= 0.3 is 0 Å². The summed E-state index contributed by atoms with van der Waals surface area (Å²) in [6.45, 7) is 3.90. The van der Waals surface area contributed by atoms with Crippen LogP contribution in [0.1, 0.15) is 16.3 Å². The number of aromatic nitrogens is 3.